The predicted molar refractivity (Wildman–Crippen MR) is 105 cm³/mol. The van der Waals surface area contributed by atoms with Gasteiger partial charge in [-0.25, -0.2) is 9.50 Å². The van der Waals surface area contributed by atoms with E-state index in [1.54, 1.807) is 15.9 Å². The molecule has 0 saturated carbocycles. The van der Waals surface area contributed by atoms with Crippen LogP contribution >= 0.6 is 11.3 Å². The summed E-state index contributed by atoms with van der Waals surface area (Å²) >= 11 is 1.56. The van der Waals surface area contributed by atoms with Gasteiger partial charge in [0.1, 0.15) is 11.0 Å². The van der Waals surface area contributed by atoms with Gasteiger partial charge in [-0.2, -0.15) is 5.10 Å². The van der Waals surface area contributed by atoms with Crippen molar-refractivity contribution in [2.75, 3.05) is 19.6 Å². The lowest BCUT2D eigenvalue weighted by atomic mass is 9.72. The van der Waals surface area contributed by atoms with Gasteiger partial charge in [-0.1, -0.05) is 11.3 Å². The minimum absolute atomic E-state index is 0.0117. The largest absolute Gasteiger partial charge is 0.354 e. The Kier molecular flexibility index (Phi) is 4.59. The summed E-state index contributed by atoms with van der Waals surface area (Å²) in [6.45, 7) is 4.26. The van der Waals surface area contributed by atoms with Crippen LogP contribution in [0.3, 0.4) is 0 Å². The molecule has 0 spiro atoms. The van der Waals surface area contributed by atoms with Crippen molar-refractivity contribution in [2.45, 2.75) is 51.1 Å². The average Bonchev–Trinajstić information content (AvgIpc) is 3.20. The van der Waals surface area contributed by atoms with Crippen molar-refractivity contribution in [3.8, 4) is 0 Å². The lowest BCUT2D eigenvalue weighted by Crippen LogP contribution is -2.68. The minimum Gasteiger partial charge on any atom is -0.354 e. The number of piperidine rings is 3. The maximum Gasteiger partial charge on any atom is 0.243 e. The first kappa shape index (κ1) is 18.1. The molecule has 3 saturated heterocycles. The third-order valence-corrected chi connectivity index (χ3v) is 7.23. The van der Waals surface area contributed by atoms with Crippen molar-refractivity contribution in [3.05, 3.63) is 16.9 Å². The van der Waals surface area contributed by atoms with Gasteiger partial charge >= 0.3 is 0 Å². The van der Waals surface area contributed by atoms with Crippen LogP contribution in [0.1, 0.15) is 36.4 Å². The van der Waals surface area contributed by atoms with Crippen molar-refractivity contribution >= 4 is 28.1 Å². The van der Waals surface area contributed by atoms with E-state index < -0.39 is 0 Å². The Bertz CT molecular complexity index is 876. The number of fused-ring (bicyclic) bond motifs is 5. The molecule has 2 aromatic heterocycles. The summed E-state index contributed by atoms with van der Waals surface area (Å²) in [5.41, 5.74) is 0.925. The molecule has 3 aliphatic rings. The Labute approximate surface area is 167 Å². The van der Waals surface area contributed by atoms with Crippen molar-refractivity contribution in [1.29, 1.82) is 0 Å². The number of rotatable bonds is 4. The molecule has 2 amide bonds. The fourth-order valence-electron chi connectivity index (χ4n) is 5.23. The zero-order chi connectivity index (χ0) is 19.3. The number of aromatic nitrogens is 3. The third kappa shape index (κ3) is 3.10. The van der Waals surface area contributed by atoms with E-state index in [0.717, 1.165) is 48.0 Å². The van der Waals surface area contributed by atoms with E-state index >= 15 is 0 Å². The lowest BCUT2D eigenvalue weighted by molar-refractivity contribution is -0.157. The molecule has 3 fully saturated rings. The van der Waals surface area contributed by atoms with Gasteiger partial charge in [0.25, 0.3) is 0 Å². The SMILES string of the molecule is Cc1nn2cc(CCNC(=O)[C@H]3[C@@H]4CNC[C@@H](C4)[C@@H]4CCCC(=O)N43)nc2s1. The number of carbonyl (C=O) groups excluding carboxylic acids is 2. The summed E-state index contributed by atoms with van der Waals surface area (Å²) in [7, 11) is 0. The standard InChI is InChI=1S/C19H26N6O2S/c1-11-23-24-10-14(22-19(24)28-11)5-6-21-18(27)17-13-7-12(8-20-9-13)15-3-2-4-16(26)25(15)17/h10,12-13,15,17,20H,2-9H2,1H3,(H,21,27)/t12-,13+,15+,17-/m1/s1. The van der Waals surface area contributed by atoms with Gasteiger partial charge in [0.2, 0.25) is 16.8 Å². The molecule has 2 bridgehead atoms. The summed E-state index contributed by atoms with van der Waals surface area (Å²) < 4.78 is 1.79. The topological polar surface area (TPSA) is 91.6 Å². The first-order valence-electron chi connectivity index (χ1n) is 10.2. The molecule has 2 N–H and O–H groups in total. The van der Waals surface area contributed by atoms with Gasteiger partial charge in [-0.15, -0.1) is 0 Å². The molecule has 9 heteroatoms. The molecule has 0 unspecified atom stereocenters. The maximum atomic E-state index is 13.1. The Morgan fingerprint density at radius 2 is 2.25 bits per heavy atom. The van der Waals surface area contributed by atoms with Crippen molar-refractivity contribution in [2.24, 2.45) is 11.8 Å². The molecule has 28 heavy (non-hydrogen) atoms. The van der Waals surface area contributed by atoms with Gasteiger partial charge in [0, 0.05) is 37.9 Å². The fraction of sp³-hybridized carbons (Fsp3) is 0.684. The van der Waals surface area contributed by atoms with Crippen LogP contribution in [0.25, 0.3) is 4.96 Å². The van der Waals surface area contributed by atoms with Crippen LogP contribution < -0.4 is 10.6 Å². The van der Waals surface area contributed by atoms with Crippen LogP contribution in [0.5, 0.6) is 0 Å². The number of hydrogen-bond donors (Lipinski definition) is 2. The van der Waals surface area contributed by atoms with Crippen LogP contribution in [-0.2, 0) is 16.0 Å². The highest BCUT2D eigenvalue weighted by Crippen LogP contribution is 2.39. The highest BCUT2D eigenvalue weighted by Gasteiger charge is 2.50. The second-order valence-electron chi connectivity index (χ2n) is 8.24. The quantitative estimate of drug-likeness (QED) is 0.787. The van der Waals surface area contributed by atoms with Crippen molar-refractivity contribution in [3.63, 3.8) is 0 Å². The molecule has 3 aliphatic heterocycles. The monoisotopic (exact) mass is 402 g/mol. The maximum absolute atomic E-state index is 13.1. The summed E-state index contributed by atoms with van der Waals surface area (Å²) in [5, 5.41) is 11.9. The molecule has 5 rings (SSSR count). The molecular formula is C19H26N6O2S. The molecule has 8 nitrogen and oxygen atoms in total. The summed E-state index contributed by atoms with van der Waals surface area (Å²) in [6, 6.07) is -0.119. The van der Waals surface area contributed by atoms with E-state index in [1.165, 1.54) is 0 Å². The number of imidazole rings is 1. The van der Waals surface area contributed by atoms with Crippen LogP contribution in [0.15, 0.2) is 6.20 Å². The number of aryl methyl sites for hydroxylation is 1. The normalized spacial score (nSPS) is 29.8. The molecule has 0 radical (unpaired) electrons. The van der Waals surface area contributed by atoms with Gasteiger partial charge in [-0.05, 0) is 38.6 Å². The highest BCUT2D eigenvalue weighted by molar-refractivity contribution is 7.16. The molecule has 2 aromatic rings. The minimum atomic E-state index is -0.336. The molecular weight excluding hydrogens is 376 g/mol. The van der Waals surface area contributed by atoms with E-state index in [0.29, 0.717) is 25.3 Å². The zero-order valence-electron chi connectivity index (χ0n) is 16.1. The Morgan fingerprint density at radius 1 is 1.39 bits per heavy atom. The summed E-state index contributed by atoms with van der Waals surface area (Å²) in [4.78, 5) is 33.1. The number of hydrogen-bond acceptors (Lipinski definition) is 6. The van der Waals surface area contributed by atoms with Gasteiger partial charge in [-0.3, -0.25) is 9.59 Å². The predicted octanol–water partition coefficient (Wildman–Crippen LogP) is 0.747. The zero-order valence-corrected chi connectivity index (χ0v) is 16.9. The molecule has 0 aliphatic carbocycles. The Balaban J connectivity index is 1.26. The smallest absolute Gasteiger partial charge is 0.243 e. The fourth-order valence-corrected chi connectivity index (χ4v) is 5.98. The summed E-state index contributed by atoms with van der Waals surface area (Å²) in [6.07, 6.45) is 6.17. The van der Waals surface area contributed by atoms with E-state index in [9.17, 15) is 9.59 Å². The Morgan fingerprint density at radius 3 is 3.11 bits per heavy atom. The molecule has 5 heterocycles. The van der Waals surface area contributed by atoms with E-state index in [1.807, 2.05) is 18.0 Å². The number of nitrogens with one attached hydrogen (secondary N) is 2. The van der Waals surface area contributed by atoms with Crippen molar-refractivity contribution < 1.29 is 9.59 Å². The van der Waals surface area contributed by atoms with Gasteiger partial charge in [0.15, 0.2) is 0 Å². The number of carbonyl (C=O) groups is 2. The van der Waals surface area contributed by atoms with E-state index in [4.69, 9.17) is 0 Å². The first-order valence-corrected chi connectivity index (χ1v) is 11.0. The second kappa shape index (κ2) is 7.11. The molecule has 4 atom stereocenters. The van der Waals surface area contributed by atoms with E-state index in [-0.39, 0.29) is 29.8 Å². The van der Waals surface area contributed by atoms with Crippen LogP contribution in [0.2, 0.25) is 0 Å². The second-order valence-corrected chi connectivity index (χ2v) is 9.40. The van der Waals surface area contributed by atoms with Crippen molar-refractivity contribution in [1.82, 2.24) is 30.1 Å². The van der Waals surface area contributed by atoms with E-state index in [2.05, 4.69) is 20.7 Å². The lowest BCUT2D eigenvalue weighted by Gasteiger charge is -2.53. The third-order valence-electron chi connectivity index (χ3n) is 6.39. The van der Waals surface area contributed by atoms with Crippen LogP contribution in [0.4, 0.5) is 0 Å². The average molecular weight is 403 g/mol. The van der Waals surface area contributed by atoms with Gasteiger partial charge in [0.05, 0.1) is 11.9 Å². The molecule has 150 valence electrons. The van der Waals surface area contributed by atoms with Crippen LogP contribution in [-0.4, -0.2) is 63.0 Å². The Hall–Kier alpha value is -2.00. The number of nitrogens with zero attached hydrogens (tertiary/aromatic N) is 4. The molecule has 0 aromatic carbocycles. The highest BCUT2D eigenvalue weighted by atomic mass is 32.1. The van der Waals surface area contributed by atoms with Gasteiger partial charge < -0.3 is 15.5 Å². The first-order chi connectivity index (χ1) is 13.6. The summed E-state index contributed by atoms with van der Waals surface area (Å²) in [5.74, 6) is 0.842. The van der Waals surface area contributed by atoms with Crippen LogP contribution in [0, 0.1) is 18.8 Å². The number of amides is 2.